The van der Waals surface area contributed by atoms with Crippen molar-refractivity contribution in [2.45, 2.75) is 25.2 Å². The fourth-order valence-corrected chi connectivity index (χ4v) is 6.16. The third kappa shape index (κ3) is 4.85. The molecule has 2 heterocycles. The molecule has 0 saturated carbocycles. The minimum absolute atomic E-state index is 0.0538. The van der Waals surface area contributed by atoms with Crippen LogP contribution in [-0.2, 0) is 26.0 Å². The third-order valence-electron chi connectivity index (χ3n) is 4.98. The molecular formula is C20H23ClN2O5S2. The summed E-state index contributed by atoms with van der Waals surface area (Å²) in [5.41, 5.74) is 1.09. The van der Waals surface area contributed by atoms with Gasteiger partial charge in [0.05, 0.1) is 5.02 Å². The summed E-state index contributed by atoms with van der Waals surface area (Å²) in [5, 5.41) is 0.165. The lowest BCUT2D eigenvalue weighted by molar-refractivity contribution is -0.135. The van der Waals surface area contributed by atoms with Crippen LogP contribution in [0.4, 0.5) is 0 Å². The van der Waals surface area contributed by atoms with Crippen LogP contribution < -0.4 is 0 Å². The van der Waals surface area contributed by atoms with E-state index in [2.05, 4.69) is 0 Å². The first-order valence-corrected chi connectivity index (χ1v) is 12.2. The minimum atomic E-state index is -3.73. The number of carbonyl (C=O) groups is 2. The Morgan fingerprint density at radius 2 is 1.83 bits per heavy atom. The second kappa shape index (κ2) is 9.47. The lowest BCUT2D eigenvalue weighted by Gasteiger charge is -2.34. The third-order valence-corrected chi connectivity index (χ3v) is 8.45. The Bertz CT molecular complexity index is 1040. The summed E-state index contributed by atoms with van der Waals surface area (Å²) in [6.07, 6.45) is 0.829. The number of amides is 1. The summed E-state index contributed by atoms with van der Waals surface area (Å²) in [5.74, 6) is -0.863. The van der Waals surface area contributed by atoms with Gasteiger partial charge in [-0.25, -0.2) is 13.2 Å². The fourth-order valence-electron chi connectivity index (χ4n) is 3.23. The molecular weight excluding hydrogens is 448 g/mol. The molecule has 30 heavy (non-hydrogen) atoms. The number of nitrogens with zero attached hydrogens (tertiary/aromatic N) is 2. The van der Waals surface area contributed by atoms with Crippen LogP contribution in [0.25, 0.3) is 0 Å². The zero-order chi connectivity index (χ0) is 21.9. The molecule has 0 radical (unpaired) electrons. The van der Waals surface area contributed by atoms with Gasteiger partial charge in [0.15, 0.2) is 6.61 Å². The van der Waals surface area contributed by atoms with Gasteiger partial charge in [0.1, 0.15) is 9.77 Å². The van der Waals surface area contributed by atoms with E-state index in [0.29, 0.717) is 4.88 Å². The maximum absolute atomic E-state index is 12.8. The maximum atomic E-state index is 12.8. The van der Waals surface area contributed by atoms with Gasteiger partial charge >= 0.3 is 5.97 Å². The number of sulfonamides is 1. The molecule has 0 unspecified atom stereocenters. The number of hydrogen-bond acceptors (Lipinski definition) is 6. The molecule has 1 saturated heterocycles. The molecule has 10 heteroatoms. The van der Waals surface area contributed by atoms with E-state index < -0.39 is 16.0 Å². The highest BCUT2D eigenvalue weighted by molar-refractivity contribution is 7.89. The van der Waals surface area contributed by atoms with Crippen molar-refractivity contribution >= 4 is 44.8 Å². The van der Waals surface area contributed by atoms with E-state index >= 15 is 0 Å². The lowest BCUT2D eigenvalue weighted by atomic mass is 10.2. The van der Waals surface area contributed by atoms with Crippen molar-refractivity contribution in [2.75, 3.05) is 32.8 Å². The van der Waals surface area contributed by atoms with Gasteiger partial charge < -0.3 is 9.64 Å². The van der Waals surface area contributed by atoms with Crippen molar-refractivity contribution in [1.29, 1.82) is 0 Å². The molecule has 7 nitrogen and oxygen atoms in total. The van der Waals surface area contributed by atoms with Gasteiger partial charge in [-0.1, -0.05) is 30.7 Å². The Hall–Kier alpha value is -1.94. The lowest BCUT2D eigenvalue weighted by Crippen LogP contribution is -2.51. The van der Waals surface area contributed by atoms with E-state index in [-0.39, 0.29) is 48.6 Å². The van der Waals surface area contributed by atoms with Crippen molar-refractivity contribution in [3.63, 3.8) is 0 Å². The second-order valence-corrected chi connectivity index (χ2v) is 10.4. The largest absolute Gasteiger partial charge is 0.451 e. The standard InChI is InChI=1S/C20H23ClN2O5S2/c1-3-15-12-17(29-14(15)2)20(25)28-13-19(24)22-8-10-23(11-9-22)30(26,27)18-7-5-4-6-16(18)21/h4-7,12H,3,8-11,13H2,1-2H3. The van der Waals surface area contributed by atoms with Crippen molar-refractivity contribution in [3.05, 3.63) is 50.7 Å². The Balaban J connectivity index is 1.54. The molecule has 1 aromatic heterocycles. The Kier molecular flexibility index (Phi) is 7.18. The van der Waals surface area contributed by atoms with Crippen LogP contribution in [0.15, 0.2) is 35.2 Å². The zero-order valence-corrected chi connectivity index (χ0v) is 19.1. The van der Waals surface area contributed by atoms with Gasteiger partial charge in [0.2, 0.25) is 10.0 Å². The second-order valence-electron chi connectivity index (χ2n) is 6.84. The topological polar surface area (TPSA) is 84.0 Å². The van der Waals surface area contributed by atoms with E-state index in [1.54, 1.807) is 18.2 Å². The summed E-state index contributed by atoms with van der Waals surface area (Å²) in [4.78, 5) is 27.7. The predicted molar refractivity (Wildman–Crippen MR) is 116 cm³/mol. The number of benzene rings is 1. The summed E-state index contributed by atoms with van der Waals surface area (Å²) in [7, 11) is -3.73. The normalized spacial score (nSPS) is 15.2. The van der Waals surface area contributed by atoms with Gasteiger partial charge in [0, 0.05) is 31.1 Å². The van der Waals surface area contributed by atoms with Crippen LogP contribution in [0.3, 0.4) is 0 Å². The van der Waals surface area contributed by atoms with E-state index in [9.17, 15) is 18.0 Å². The van der Waals surface area contributed by atoms with Gasteiger partial charge in [-0.2, -0.15) is 4.31 Å². The molecule has 3 rings (SSSR count). The Morgan fingerprint density at radius 3 is 2.43 bits per heavy atom. The number of piperazine rings is 1. The van der Waals surface area contributed by atoms with E-state index in [1.807, 2.05) is 13.8 Å². The van der Waals surface area contributed by atoms with Gasteiger partial charge in [-0.3, -0.25) is 4.79 Å². The molecule has 1 aliphatic heterocycles. The maximum Gasteiger partial charge on any atom is 0.348 e. The van der Waals surface area contributed by atoms with Gasteiger partial charge in [0.25, 0.3) is 5.91 Å². The van der Waals surface area contributed by atoms with Crippen molar-refractivity contribution in [2.24, 2.45) is 0 Å². The minimum Gasteiger partial charge on any atom is -0.451 e. The molecule has 1 aliphatic rings. The SMILES string of the molecule is CCc1cc(C(=O)OCC(=O)N2CCN(S(=O)(=O)c3ccccc3Cl)CC2)sc1C. The molecule has 1 amide bonds. The number of thiophene rings is 1. The molecule has 1 aromatic carbocycles. The number of hydrogen-bond donors (Lipinski definition) is 0. The van der Waals surface area contributed by atoms with Gasteiger partial charge in [-0.15, -0.1) is 11.3 Å². The number of esters is 1. The number of carbonyl (C=O) groups excluding carboxylic acids is 2. The van der Waals surface area contributed by atoms with Crippen LogP contribution in [0.2, 0.25) is 5.02 Å². The molecule has 0 bridgehead atoms. The molecule has 0 spiro atoms. The summed E-state index contributed by atoms with van der Waals surface area (Å²) < 4.78 is 32.0. The Labute approximate surface area is 185 Å². The highest BCUT2D eigenvalue weighted by Crippen LogP contribution is 2.25. The molecule has 162 valence electrons. The predicted octanol–water partition coefficient (Wildman–Crippen LogP) is 2.96. The van der Waals surface area contributed by atoms with E-state index in [0.717, 1.165) is 16.9 Å². The first kappa shape index (κ1) is 22.7. The number of aryl methyl sites for hydroxylation is 2. The monoisotopic (exact) mass is 470 g/mol. The van der Waals surface area contributed by atoms with Crippen LogP contribution in [0.5, 0.6) is 0 Å². The van der Waals surface area contributed by atoms with Crippen LogP contribution in [-0.4, -0.2) is 62.3 Å². The fraction of sp³-hybridized carbons (Fsp3) is 0.400. The highest BCUT2D eigenvalue weighted by atomic mass is 35.5. The first-order chi connectivity index (χ1) is 14.2. The number of halogens is 1. The Morgan fingerprint density at radius 1 is 1.17 bits per heavy atom. The average molecular weight is 471 g/mol. The highest BCUT2D eigenvalue weighted by Gasteiger charge is 2.31. The summed E-state index contributed by atoms with van der Waals surface area (Å²) in [6.45, 7) is 4.33. The molecule has 1 fully saturated rings. The zero-order valence-electron chi connectivity index (χ0n) is 16.8. The molecule has 0 N–H and O–H groups in total. The molecule has 0 aliphatic carbocycles. The number of ether oxygens (including phenoxy) is 1. The average Bonchev–Trinajstić information content (AvgIpc) is 3.12. The summed E-state index contributed by atoms with van der Waals surface area (Å²) >= 11 is 7.38. The first-order valence-electron chi connectivity index (χ1n) is 9.53. The van der Waals surface area contributed by atoms with Crippen molar-refractivity contribution in [1.82, 2.24) is 9.21 Å². The van der Waals surface area contributed by atoms with Crippen molar-refractivity contribution < 1.29 is 22.7 Å². The van der Waals surface area contributed by atoms with E-state index in [4.69, 9.17) is 16.3 Å². The molecule has 0 atom stereocenters. The van der Waals surface area contributed by atoms with Crippen LogP contribution >= 0.6 is 22.9 Å². The molecule has 2 aromatic rings. The van der Waals surface area contributed by atoms with Crippen LogP contribution in [0.1, 0.15) is 27.0 Å². The number of rotatable bonds is 6. The van der Waals surface area contributed by atoms with Crippen LogP contribution in [0, 0.1) is 6.92 Å². The quantitative estimate of drug-likeness (QED) is 0.606. The van der Waals surface area contributed by atoms with E-state index in [1.165, 1.54) is 32.7 Å². The van der Waals surface area contributed by atoms with Gasteiger partial charge in [-0.05, 0) is 37.1 Å². The summed E-state index contributed by atoms with van der Waals surface area (Å²) in [6, 6.07) is 8.07. The smallest absolute Gasteiger partial charge is 0.348 e. The van der Waals surface area contributed by atoms with Crippen molar-refractivity contribution in [3.8, 4) is 0 Å².